The summed E-state index contributed by atoms with van der Waals surface area (Å²) in [5, 5.41) is 9.10. The zero-order valence-corrected chi connectivity index (χ0v) is 10.9. The fourth-order valence-corrected chi connectivity index (χ4v) is 1.76. The van der Waals surface area contributed by atoms with Crippen molar-refractivity contribution in [2.24, 2.45) is 5.73 Å². The van der Waals surface area contributed by atoms with Crippen LogP contribution in [0, 0.1) is 0 Å². The summed E-state index contributed by atoms with van der Waals surface area (Å²) in [7, 11) is 0. The summed E-state index contributed by atoms with van der Waals surface area (Å²) in [5.41, 5.74) is 6.86. The van der Waals surface area contributed by atoms with Gasteiger partial charge in [-0.2, -0.15) is 0 Å². The van der Waals surface area contributed by atoms with Crippen molar-refractivity contribution in [2.75, 3.05) is 0 Å². The Hall–Kier alpha value is -1.55. The summed E-state index contributed by atoms with van der Waals surface area (Å²) in [6, 6.07) is 7.24. The van der Waals surface area contributed by atoms with Gasteiger partial charge in [-0.05, 0) is 18.9 Å². The summed E-state index contributed by atoms with van der Waals surface area (Å²) in [6.07, 6.45) is 1.23. The Balaban J connectivity index is 2.91. The highest BCUT2D eigenvalue weighted by atomic mass is 16.5. The highest BCUT2D eigenvalue weighted by Gasteiger charge is 2.20. The minimum Gasteiger partial charge on any atom is -0.479 e. The molecule has 0 bridgehead atoms. The van der Waals surface area contributed by atoms with Gasteiger partial charge in [0.05, 0.1) is 0 Å². The van der Waals surface area contributed by atoms with Gasteiger partial charge in [-0.25, -0.2) is 4.79 Å². The lowest BCUT2D eigenvalue weighted by atomic mass is 10.0. The van der Waals surface area contributed by atoms with Gasteiger partial charge in [-0.1, -0.05) is 38.5 Å². The van der Waals surface area contributed by atoms with E-state index in [1.165, 1.54) is 0 Å². The highest BCUT2D eigenvalue weighted by molar-refractivity contribution is 5.72. The number of aliphatic carboxylic acids is 1. The molecule has 0 amide bonds. The first-order chi connectivity index (χ1) is 8.60. The average molecular weight is 251 g/mol. The van der Waals surface area contributed by atoms with Gasteiger partial charge in [-0.15, -0.1) is 0 Å². The number of hydrogen-bond acceptors (Lipinski definition) is 3. The number of carbonyl (C=O) groups is 1. The minimum atomic E-state index is -0.934. The van der Waals surface area contributed by atoms with Crippen molar-refractivity contribution < 1.29 is 14.6 Å². The first-order valence-corrected chi connectivity index (χ1v) is 6.34. The van der Waals surface area contributed by atoms with E-state index in [0.29, 0.717) is 12.2 Å². The number of para-hydroxylation sites is 1. The van der Waals surface area contributed by atoms with Crippen LogP contribution >= 0.6 is 0 Å². The molecule has 4 nitrogen and oxygen atoms in total. The lowest BCUT2D eigenvalue weighted by molar-refractivity contribution is -0.145. The second-order valence-electron chi connectivity index (χ2n) is 4.29. The second-order valence-corrected chi connectivity index (χ2v) is 4.29. The maximum atomic E-state index is 11.1. The first-order valence-electron chi connectivity index (χ1n) is 6.34. The van der Waals surface area contributed by atoms with Gasteiger partial charge in [0.1, 0.15) is 5.75 Å². The predicted octanol–water partition coefficient (Wildman–Crippen LogP) is 2.73. The molecule has 1 rings (SSSR count). The number of nitrogens with two attached hydrogens (primary N) is 1. The lowest BCUT2D eigenvalue weighted by Gasteiger charge is -2.19. The molecule has 1 aromatic rings. The Morgan fingerprint density at radius 2 is 2.06 bits per heavy atom. The van der Waals surface area contributed by atoms with Crippen molar-refractivity contribution in [2.45, 2.75) is 45.3 Å². The van der Waals surface area contributed by atoms with Crippen LogP contribution < -0.4 is 10.5 Å². The molecular formula is C14H21NO3. The Morgan fingerprint density at radius 1 is 1.39 bits per heavy atom. The van der Waals surface area contributed by atoms with Crippen molar-refractivity contribution in [3.63, 3.8) is 0 Å². The smallest absolute Gasteiger partial charge is 0.344 e. The zero-order valence-electron chi connectivity index (χ0n) is 10.9. The molecule has 18 heavy (non-hydrogen) atoms. The number of rotatable bonds is 7. The maximum absolute atomic E-state index is 11.1. The molecular weight excluding hydrogens is 230 g/mol. The Bertz CT molecular complexity index is 392. The Labute approximate surface area is 108 Å². The molecule has 0 aliphatic carbocycles. The largest absolute Gasteiger partial charge is 0.479 e. The van der Waals surface area contributed by atoms with Gasteiger partial charge in [0, 0.05) is 11.6 Å². The number of hydrogen-bond donors (Lipinski definition) is 2. The van der Waals surface area contributed by atoms with Crippen LogP contribution in [0.3, 0.4) is 0 Å². The van der Waals surface area contributed by atoms with Gasteiger partial charge in [0.15, 0.2) is 6.10 Å². The van der Waals surface area contributed by atoms with Crippen LogP contribution in [0.5, 0.6) is 5.75 Å². The quantitative estimate of drug-likeness (QED) is 0.781. The van der Waals surface area contributed by atoms with Crippen LogP contribution in [-0.4, -0.2) is 17.2 Å². The molecule has 0 saturated heterocycles. The molecule has 3 N–H and O–H groups in total. The van der Waals surface area contributed by atoms with E-state index in [9.17, 15) is 4.79 Å². The van der Waals surface area contributed by atoms with Crippen LogP contribution in [0.25, 0.3) is 0 Å². The molecule has 0 aliphatic heterocycles. The van der Waals surface area contributed by atoms with E-state index in [0.717, 1.165) is 18.4 Å². The lowest BCUT2D eigenvalue weighted by Crippen LogP contribution is -2.27. The van der Waals surface area contributed by atoms with E-state index in [-0.39, 0.29) is 6.04 Å². The third-order valence-electron chi connectivity index (χ3n) is 2.85. The van der Waals surface area contributed by atoms with Crippen LogP contribution in [0.2, 0.25) is 0 Å². The molecule has 0 spiro atoms. The zero-order chi connectivity index (χ0) is 13.5. The molecule has 2 atom stereocenters. The van der Waals surface area contributed by atoms with E-state index in [1.807, 2.05) is 32.0 Å². The molecule has 0 radical (unpaired) electrons. The van der Waals surface area contributed by atoms with Gasteiger partial charge in [-0.3, -0.25) is 0 Å². The Kier molecular flexibility index (Phi) is 5.65. The van der Waals surface area contributed by atoms with Crippen LogP contribution in [-0.2, 0) is 4.79 Å². The third-order valence-corrected chi connectivity index (χ3v) is 2.85. The molecule has 0 fully saturated rings. The topological polar surface area (TPSA) is 72.5 Å². The standard InChI is InChI=1S/C14H21NO3/c1-3-7-13(14(16)17)18-12-9-6-5-8-10(12)11(15)4-2/h5-6,8-9,11,13H,3-4,7,15H2,1-2H3,(H,16,17). The number of ether oxygens (including phenoxy) is 1. The van der Waals surface area contributed by atoms with Crippen molar-refractivity contribution in [1.29, 1.82) is 0 Å². The average Bonchev–Trinajstić information content (AvgIpc) is 2.37. The van der Waals surface area contributed by atoms with Crippen molar-refractivity contribution in [3.8, 4) is 5.75 Å². The van der Waals surface area contributed by atoms with E-state index >= 15 is 0 Å². The molecule has 0 saturated carbocycles. The SMILES string of the molecule is CCCC(Oc1ccccc1C(N)CC)C(=O)O. The van der Waals surface area contributed by atoms with Gasteiger partial charge in [0.2, 0.25) is 0 Å². The molecule has 0 aromatic heterocycles. The van der Waals surface area contributed by atoms with Gasteiger partial charge < -0.3 is 15.6 Å². The van der Waals surface area contributed by atoms with Gasteiger partial charge in [0.25, 0.3) is 0 Å². The third kappa shape index (κ3) is 3.74. The summed E-state index contributed by atoms with van der Waals surface area (Å²) < 4.78 is 5.59. The van der Waals surface area contributed by atoms with E-state index < -0.39 is 12.1 Å². The second kappa shape index (κ2) is 7.01. The van der Waals surface area contributed by atoms with Crippen molar-refractivity contribution in [1.82, 2.24) is 0 Å². The fraction of sp³-hybridized carbons (Fsp3) is 0.500. The molecule has 0 aliphatic rings. The van der Waals surface area contributed by atoms with Gasteiger partial charge >= 0.3 is 5.97 Å². The minimum absolute atomic E-state index is 0.128. The van der Waals surface area contributed by atoms with E-state index in [4.69, 9.17) is 15.6 Å². The highest BCUT2D eigenvalue weighted by Crippen LogP contribution is 2.26. The molecule has 1 aromatic carbocycles. The molecule has 0 heterocycles. The normalized spacial score (nSPS) is 13.9. The van der Waals surface area contributed by atoms with Crippen LogP contribution in [0.4, 0.5) is 0 Å². The summed E-state index contributed by atoms with van der Waals surface area (Å²) in [6.45, 7) is 3.92. The number of carboxylic acid groups (broad SMARTS) is 1. The van der Waals surface area contributed by atoms with E-state index in [1.54, 1.807) is 6.07 Å². The predicted molar refractivity (Wildman–Crippen MR) is 70.6 cm³/mol. The molecule has 2 unspecified atom stereocenters. The van der Waals surface area contributed by atoms with Crippen molar-refractivity contribution >= 4 is 5.97 Å². The van der Waals surface area contributed by atoms with Crippen LogP contribution in [0.1, 0.15) is 44.7 Å². The molecule has 100 valence electrons. The Morgan fingerprint density at radius 3 is 2.61 bits per heavy atom. The monoisotopic (exact) mass is 251 g/mol. The number of benzene rings is 1. The molecule has 4 heteroatoms. The first kappa shape index (κ1) is 14.5. The van der Waals surface area contributed by atoms with Crippen molar-refractivity contribution in [3.05, 3.63) is 29.8 Å². The fourth-order valence-electron chi connectivity index (χ4n) is 1.76. The van der Waals surface area contributed by atoms with E-state index in [2.05, 4.69) is 0 Å². The number of carboxylic acids is 1. The summed E-state index contributed by atoms with van der Waals surface area (Å²) in [5.74, 6) is -0.357. The van der Waals surface area contributed by atoms with Crippen LogP contribution in [0.15, 0.2) is 24.3 Å². The maximum Gasteiger partial charge on any atom is 0.344 e. The summed E-state index contributed by atoms with van der Waals surface area (Å²) in [4.78, 5) is 11.1. The summed E-state index contributed by atoms with van der Waals surface area (Å²) >= 11 is 0.